The van der Waals surface area contributed by atoms with Crippen molar-refractivity contribution in [2.75, 3.05) is 13.7 Å². The highest BCUT2D eigenvalue weighted by Gasteiger charge is 2.08. The molecule has 1 aromatic carbocycles. The Morgan fingerprint density at radius 3 is 2.96 bits per heavy atom. The minimum absolute atomic E-state index is 0.462. The van der Waals surface area contributed by atoms with Crippen LogP contribution in [0.5, 0.6) is 11.5 Å². The lowest BCUT2D eigenvalue weighted by Crippen LogP contribution is -2.01. The zero-order valence-electron chi connectivity index (χ0n) is 14.6. The third kappa shape index (κ3) is 4.39. The Bertz CT molecular complexity index is 929. The van der Waals surface area contributed by atoms with Crippen LogP contribution in [0, 0.1) is 4.77 Å². The van der Waals surface area contributed by atoms with E-state index in [1.165, 1.54) is 4.88 Å². The SMILES string of the molecule is CCCOc1cc(/C=N\n2c(Cc3cccs3)n[nH]c2=S)ccc1OC. The normalized spacial score (nSPS) is 11.2. The van der Waals surface area contributed by atoms with Gasteiger partial charge in [-0.05, 0) is 53.8 Å². The fourth-order valence-electron chi connectivity index (χ4n) is 2.35. The molecule has 2 aromatic heterocycles. The summed E-state index contributed by atoms with van der Waals surface area (Å²) >= 11 is 6.98. The molecule has 0 saturated carbocycles. The Kier molecular flexibility index (Phi) is 6.19. The van der Waals surface area contributed by atoms with E-state index in [0.717, 1.165) is 17.8 Å². The maximum absolute atomic E-state index is 5.74. The van der Waals surface area contributed by atoms with Crippen molar-refractivity contribution >= 4 is 29.8 Å². The molecule has 26 heavy (non-hydrogen) atoms. The summed E-state index contributed by atoms with van der Waals surface area (Å²) in [5.74, 6) is 2.17. The molecule has 3 aromatic rings. The molecule has 0 radical (unpaired) electrons. The molecule has 0 aliphatic carbocycles. The van der Waals surface area contributed by atoms with Gasteiger partial charge in [0.2, 0.25) is 4.77 Å². The quantitative estimate of drug-likeness (QED) is 0.462. The first kappa shape index (κ1) is 18.3. The average molecular weight is 389 g/mol. The Morgan fingerprint density at radius 1 is 1.35 bits per heavy atom. The van der Waals surface area contributed by atoms with Gasteiger partial charge in [0.05, 0.1) is 19.9 Å². The standard InChI is InChI=1S/C18H20N4O2S2/c1-3-8-24-16-10-13(6-7-15(16)23-2)12-19-22-17(20-21-18(22)25)11-14-5-4-9-26-14/h4-7,9-10,12H,3,8,11H2,1-2H3,(H,21,25)/b19-12-. The Labute approximate surface area is 161 Å². The predicted octanol–water partition coefficient (Wildman–Crippen LogP) is 4.27. The van der Waals surface area contributed by atoms with Crippen LogP contribution < -0.4 is 9.47 Å². The van der Waals surface area contributed by atoms with Crippen LogP contribution in [-0.2, 0) is 6.42 Å². The summed E-state index contributed by atoms with van der Waals surface area (Å²) in [5, 5.41) is 13.6. The number of ether oxygens (including phenoxy) is 2. The molecule has 136 valence electrons. The van der Waals surface area contributed by atoms with Crippen molar-refractivity contribution in [1.29, 1.82) is 0 Å². The van der Waals surface area contributed by atoms with Gasteiger partial charge in [-0.25, -0.2) is 0 Å². The maximum Gasteiger partial charge on any atom is 0.216 e. The summed E-state index contributed by atoms with van der Waals surface area (Å²) in [7, 11) is 1.63. The van der Waals surface area contributed by atoms with Gasteiger partial charge in [-0.15, -0.1) is 11.3 Å². The molecule has 1 N–H and O–H groups in total. The van der Waals surface area contributed by atoms with Crippen molar-refractivity contribution in [3.8, 4) is 11.5 Å². The molecular weight excluding hydrogens is 368 g/mol. The lowest BCUT2D eigenvalue weighted by molar-refractivity contribution is 0.294. The van der Waals surface area contributed by atoms with E-state index < -0.39 is 0 Å². The molecule has 0 unspecified atom stereocenters. The van der Waals surface area contributed by atoms with Crippen LogP contribution >= 0.6 is 23.6 Å². The fourth-order valence-corrected chi connectivity index (χ4v) is 3.25. The zero-order valence-corrected chi connectivity index (χ0v) is 16.3. The zero-order chi connectivity index (χ0) is 18.4. The van der Waals surface area contributed by atoms with Gasteiger partial charge in [0.15, 0.2) is 17.3 Å². The third-order valence-electron chi connectivity index (χ3n) is 3.60. The van der Waals surface area contributed by atoms with E-state index in [1.54, 1.807) is 29.3 Å². The smallest absolute Gasteiger partial charge is 0.216 e. The van der Waals surface area contributed by atoms with Crippen LogP contribution in [0.3, 0.4) is 0 Å². The number of aromatic nitrogens is 3. The van der Waals surface area contributed by atoms with E-state index in [-0.39, 0.29) is 0 Å². The number of methoxy groups -OCH3 is 1. The first-order valence-corrected chi connectivity index (χ1v) is 9.54. The van der Waals surface area contributed by atoms with E-state index >= 15 is 0 Å². The number of H-pyrrole nitrogens is 1. The molecule has 2 heterocycles. The number of aromatic amines is 1. The van der Waals surface area contributed by atoms with Gasteiger partial charge in [0, 0.05) is 11.3 Å². The van der Waals surface area contributed by atoms with Gasteiger partial charge in [-0.3, -0.25) is 5.10 Å². The van der Waals surface area contributed by atoms with E-state index in [0.29, 0.717) is 29.3 Å². The van der Waals surface area contributed by atoms with Crippen LogP contribution in [0.2, 0.25) is 0 Å². The van der Waals surface area contributed by atoms with Gasteiger partial charge in [-0.1, -0.05) is 13.0 Å². The van der Waals surface area contributed by atoms with E-state index in [4.69, 9.17) is 21.7 Å². The maximum atomic E-state index is 5.74. The monoisotopic (exact) mass is 388 g/mol. The molecule has 0 aliphatic heterocycles. The summed E-state index contributed by atoms with van der Waals surface area (Å²) in [5.41, 5.74) is 0.891. The summed E-state index contributed by atoms with van der Waals surface area (Å²) < 4.78 is 13.2. The number of hydrogen-bond acceptors (Lipinski definition) is 6. The number of thiophene rings is 1. The van der Waals surface area contributed by atoms with E-state index in [1.807, 2.05) is 29.6 Å². The molecule has 0 spiro atoms. The van der Waals surface area contributed by atoms with E-state index in [9.17, 15) is 0 Å². The number of nitrogens with zero attached hydrogens (tertiary/aromatic N) is 3. The number of hydrogen-bond donors (Lipinski definition) is 1. The van der Waals surface area contributed by atoms with Crippen molar-refractivity contribution in [2.45, 2.75) is 19.8 Å². The summed E-state index contributed by atoms with van der Waals surface area (Å²) in [4.78, 5) is 1.20. The lowest BCUT2D eigenvalue weighted by atomic mass is 10.2. The van der Waals surface area contributed by atoms with Crippen molar-refractivity contribution < 1.29 is 9.47 Å². The number of nitrogens with one attached hydrogen (secondary N) is 1. The van der Waals surface area contributed by atoms with Crippen LogP contribution in [0.1, 0.15) is 29.6 Å². The Morgan fingerprint density at radius 2 is 2.23 bits per heavy atom. The average Bonchev–Trinajstić information content (AvgIpc) is 3.29. The van der Waals surface area contributed by atoms with Gasteiger partial charge in [0.25, 0.3) is 0 Å². The molecule has 0 fully saturated rings. The molecule has 0 bridgehead atoms. The highest BCUT2D eigenvalue weighted by atomic mass is 32.1. The van der Waals surface area contributed by atoms with Crippen LogP contribution in [0.25, 0.3) is 0 Å². The minimum atomic E-state index is 0.462. The van der Waals surface area contributed by atoms with E-state index in [2.05, 4.69) is 28.3 Å². The molecule has 0 amide bonds. The van der Waals surface area contributed by atoms with Crippen molar-refractivity contribution in [3.05, 3.63) is 56.7 Å². The summed E-state index contributed by atoms with van der Waals surface area (Å²) in [6.45, 7) is 2.70. The van der Waals surface area contributed by atoms with Crippen molar-refractivity contribution in [2.24, 2.45) is 5.10 Å². The van der Waals surface area contributed by atoms with Crippen LogP contribution in [-0.4, -0.2) is 34.8 Å². The molecule has 8 heteroatoms. The topological polar surface area (TPSA) is 64.4 Å². The first-order chi connectivity index (χ1) is 12.7. The first-order valence-electron chi connectivity index (χ1n) is 8.25. The van der Waals surface area contributed by atoms with Crippen LogP contribution in [0.15, 0.2) is 40.8 Å². The number of benzene rings is 1. The molecule has 0 atom stereocenters. The molecular formula is C18H20N4O2S2. The number of rotatable bonds is 8. The van der Waals surface area contributed by atoms with Crippen molar-refractivity contribution in [3.63, 3.8) is 0 Å². The summed E-state index contributed by atoms with van der Waals surface area (Å²) in [6, 6.07) is 9.78. The summed E-state index contributed by atoms with van der Waals surface area (Å²) in [6.07, 6.45) is 3.34. The molecule has 0 saturated heterocycles. The van der Waals surface area contributed by atoms with Gasteiger partial charge in [-0.2, -0.15) is 14.9 Å². The molecule has 0 aliphatic rings. The predicted molar refractivity (Wildman–Crippen MR) is 106 cm³/mol. The second kappa shape index (κ2) is 8.77. The highest BCUT2D eigenvalue weighted by Crippen LogP contribution is 2.27. The van der Waals surface area contributed by atoms with Crippen LogP contribution in [0.4, 0.5) is 0 Å². The largest absolute Gasteiger partial charge is 0.493 e. The van der Waals surface area contributed by atoms with Gasteiger partial charge >= 0.3 is 0 Å². The van der Waals surface area contributed by atoms with Gasteiger partial charge < -0.3 is 9.47 Å². The van der Waals surface area contributed by atoms with Crippen molar-refractivity contribution in [1.82, 2.24) is 14.9 Å². The second-order valence-electron chi connectivity index (χ2n) is 5.52. The minimum Gasteiger partial charge on any atom is -0.493 e. The third-order valence-corrected chi connectivity index (χ3v) is 4.74. The fraction of sp³-hybridized carbons (Fsp3) is 0.278. The second-order valence-corrected chi connectivity index (χ2v) is 6.94. The molecule has 3 rings (SSSR count). The molecule has 6 nitrogen and oxygen atoms in total. The Balaban J connectivity index is 1.84. The lowest BCUT2D eigenvalue weighted by Gasteiger charge is -2.10. The Hall–Kier alpha value is -2.45. The van der Waals surface area contributed by atoms with Gasteiger partial charge in [0.1, 0.15) is 0 Å². The highest BCUT2D eigenvalue weighted by molar-refractivity contribution is 7.71.